The first-order valence-corrected chi connectivity index (χ1v) is 11.6. The van der Waals surface area contributed by atoms with Gasteiger partial charge in [0, 0.05) is 35.9 Å². The van der Waals surface area contributed by atoms with Crippen LogP contribution in [-0.2, 0) is 11.3 Å². The second-order valence-corrected chi connectivity index (χ2v) is 8.54. The topological polar surface area (TPSA) is 109 Å². The summed E-state index contributed by atoms with van der Waals surface area (Å²) in [6.07, 6.45) is 9.45. The number of fused-ring (bicyclic) bond motifs is 1. The van der Waals surface area contributed by atoms with Gasteiger partial charge in [-0.05, 0) is 47.5 Å². The number of carbonyl (C=O) groups is 2. The highest BCUT2D eigenvalue weighted by Gasteiger charge is 2.24. The summed E-state index contributed by atoms with van der Waals surface area (Å²) < 4.78 is 27.8. The molecule has 0 spiro atoms. The maximum atomic E-state index is 13.5. The SMILES string of the molecule is O=C1Nc2cc(C=CCNC(=O)c3cncn(Cc4ccc(F)c(F)c4)c3=O)ccc2C1=Cc1ccc[nH]1. The monoisotopic (exact) mass is 513 g/mol. The molecule has 2 aromatic carbocycles. The average Bonchev–Trinajstić information content (AvgIpc) is 3.53. The van der Waals surface area contributed by atoms with Crippen molar-refractivity contribution in [2.24, 2.45) is 0 Å². The van der Waals surface area contributed by atoms with E-state index in [4.69, 9.17) is 0 Å². The van der Waals surface area contributed by atoms with Gasteiger partial charge in [-0.15, -0.1) is 0 Å². The molecule has 0 saturated carbocycles. The zero-order valence-electron chi connectivity index (χ0n) is 19.9. The van der Waals surface area contributed by atoms with Gasteiger partial charge in [0.2, 0.25) is 0 Å². The number of amides is 2. The minimum atomic E-state index is -1.02. The fourth-order valence-electron chi connectivity index (χ4n) is 4.04. The third-order valence-electron chi connectivity index (χ3n) is 5.92. The van der Waals surface area contributed by atoms with E-state index in [1.54, 1.807) is 24.4 Å². The van der Waals surface area contributed by atoms with Crippen LogP contribution in [-0.4, -0.2) is 32.9 Å². The van der Waals surface area contributed by atoms with Crippen molar-refractivity contribution in [1.29, 1.82) is 0 Å². The molecule has 1 aliphatic heterocycles. The first-order valence-electron chi connectivity index (χ1n) is 11.6. The summed E-state index contributed by atoms with van der Waals surface area (Å²) in [6.45, 7) is 0.0680. The number of carbonyl (C=O) groups excluding carboxylic acids is 2. The zero-order valence-corrected chi connectivity index (χ0v) is 19.9. The molecule has 8 nitrogen and oxygen atoms in total. The van der Waals surface area contributed by atoms with Crippen LogP contribution in [0.25, 0.3) is 17.7 Å². The van der Waals surface area contributed by atoms with Crippen molar-refractivity contribution in [2.75, 3.05) is 11.9 Å². The van der Waals surface area contributed by atoms with E-state index in [1.807, 2.05) is 30.3 Å². The summed E-state index contributed by atoms with van der Waals surface area (Å²) in [4.78, 5) is 44.7. The normalized spacial score (nSPS) is 13.6. The summed E-state index contributed by atoms with van der Waals surface area (Å²) in [7, 11) is 0. The van der Waals surface area contributed by atoms with E-state index in [0.29, 0.717) is 16.8 Å². The molecule has 0 aliphatic carbocycles. The molecule has 2 aromatic heterocycles. The summed E-state index contributed by atoms with van der Waals surface area (Å²) in [6, 6.07) is 12.6. The number of nitrogens with zero attached hydrogens (tertiary/aromatic N) is 2. The quantitative estimate of drug-likeness (QED) is 0.326. The molecule has 2 amide bonds. The van der Waals surface area contributed by atoms with Crippen LogP contribution in [0.15, 0.2) is 78.1 Å². The smallest absolute Gasteiger partial charge is 0.266 e. The van der Waals surface area contributed by atoms with Gasteiger partial charge in [0.1, 0.15) is 5.56 Å². The van der Waals surface area contributed by atoms with Gasteiger partial charge < -0.3 is 15.6 Å². The van der Waals surface area contributed by atoms with Gasteiger partial charge in [-0.25, -0.2) is 13.8 Å². The minimum Gasteiger partial charge on any atom is -0.362 e. The molecule has 38 heavy (non-hydrogen) atoms. The molecule has 10 heteroatoms. The summed E-state index contributed by atoms with van der Waals surface area (Å²) >= 11 is 0. The Morgan fingerprint density at radius 3 is 2.74 bits per heavy atom. The van der Waals surface area contributed by atoms with Crippen LogP contribution in [0.3, 0.4) is 0 Å². The van der Waals surface area contributed by atoms with E-state index >= 15 is 0 Å². The Labute approximate surface area is 215 Å². The third-order valence-corrected chi connectivity index (χ3v) is 5.92. The third kappa shape index (κ3) is 5.19. The number of hydrogen-bond acceptors (Lipinski definition) is 4. The first kappa shape index (κ1) is 24.6. The Bertz CT molecular complexity index is 1660. The van der Waals surface area contributed by atoms with Crippen LogP contribution in [0.2, 0.25) is 0 Å². The van der Waals surface area contributed by atoms with Gasteiger partial charge >= 0.3 is 0 Å². The lowest BCUT2D eigenvalue weighted by molar-refractivity contribution is -0.110. The van der Waals surface area contributed by atoms with Crippen molar-refractivity contribution in [3.8, 4) is 0 Å². The molecule has 3 N–H and O–H groups in total. The molecule has 0 fully saturated rings. The number of halogens is 2. The molecule has 1 aliphatic rings. The van der Waals surface area contributed by atoms with Gasteiger partial charge in [0.15, 0.2) is 11.6 Å². The first-order chi connectivity index (χ1) is 18.4. The average molecular weight is 514 g/mol. The van der Waals surface area contributed by atoms with Gasteiger partial charge in [-0.2, -0.15) is 0 Å². The van der Waals surface area contributed by atoms with Crippen molar-refractivity contribution in [3.05, 3.63) is 123 Å². The highest BCUT2D eigenvalue weighted by atomic mass is 19.2. The second kappa shape index (κ2) is 10.5. The number of aromatic amines is 1. The van der Waals surface area contributed by atoms with Crippen molar-refractivity contribution in [1.82, 2.24) is 19.9 Å². The van der Waals surface area contributed by atoms with Crippen LogP contribution in [0.1, 0.15) is 32.7 Å². The minimum absolute atomic E-state index is 0.0686. The van der Waals surface area contributed by atoms with Crippen LogP contribution in [0.5, 0.6) is 0 Å². The molecule has 3 heterocycles. The Morgan fingerprint density at radius 2 is 1.95 bits per heavy atom. The molecular formula is C28H21F2N5O3. The summed E-state index contributed by atoms with van der Waals surface area (Å²) in [5, 5.41) is 5.49. The lowest BCUT2D eigenvalue weighted by Crippen LogP contribution is -2.33. The number of benzene rings is 2. The van der Waals surface area contributed by atoms with E-state index in [1.165, 1.54) is 12.4 Å². The highest BCUT2D eigenvalue weighted by Crippen LogP contribution is 2.33. The number of aromatic nitrogens is 3. The van der Waals surface area contributed by atoms with Crippen LogP contribution in [0, 0.1) is 11.6 Å². The maximum Gasteiger partial charge on any atom is 0.266 e. The predicted octanol–water partition coefficient (Wildman–Crippen LogP) is 3.83. The molecule has 0 radical (unpaired) electrons. The van der Waals surface area contributed by atoms with Crippen molar-refractivity contribution in [2.45, 2.75) is 6.54 Å². The van der Waals surface area contributed by atoms with Gasteiger partial charge in [0.25, 0.3) is 17.4 Å². The van der Waals surface area contributed by atoms with Crippen molar-refractivity contribution < 1.29 is 18.4 Å². The van der Waals surface area contributed by atoms with Crippen LogP contribution >= 0.6 is 0 Å². The Hall–Kier alpha value is -5.12. The number of H-pyrrole nitrogens is 1. The van der Waals surface area contributed by atoms with Crippen LogP contribution < -0.4 is 16.2 Å². The van der Waals surface area contributed by atoms with E-state index in [9.17, 15) is 23.2 Å². The van der Waals surface area contributed by atoms with E-state index in [-0.39, 0.29) is 24.6 Å². The fraction of sp³-hybridized carbons (Fsp3) is 0.0714. The van der Waals surface area contributed by atoms with Gasteiger partial charge in [-0.1, -0.05) is 30.4 Å². The zero-order chi connectivity index (χ0) is 26.6. The summed E-state index contributed by atoms with van der Waals surface area (Å²) in [5.74, 6) is -2.82. The molecular weight excluding hydrogens is 492 g/mol. The molecule has 0 saturated heterocycles. The molecule has 4 aromatic rings. The Balaban J connectivity index is 1.22. The predicted molar refractivity (Wildman–Crippen MR) is 139 cm³/mol. The highest BCUT2D eigenvalue weighted by molar-refractivity contribution is 6.34. The second-order valence-electron chi connectivity index (χ2n) is 8.54. The number of hydrogen-bond donors (Lipinski definition) is 3. The van der Waals surface area contributed by atoms with E-state index in [0.717, 1.165) is 39.7 Å². The lowest BCUT2D eigenvalue weighted by atomic mass is 10.0. The maximum absolute atomic E-state index is 13.5. The molecule has 190 valence electrons. The Kier molecular flexibility index (Phi) is 6.77. The van der Waals surface area contributed by atoms with Gasteiger partial charge in [-0.3, -0.25) is 19.0 Å². The van der Waals surface area contributed by atoms with Crippen molar-refractivity contribution in [3.63, 3.8) is 0 Å². The number of nitrogens with one attached hydrogen (secondary N) is 3. The molecule has 0 atom stereocenters. The Morgan fingerprint density at radius 1 is 1.08 bits per heavy atom. The molecule has 0 unspecified atom stereocenters. The van der Waals surface area contributed by atoms with E-state index < -0.39 is 23.1 Å². The molecule has 0 bridgehead atoms. The largest absolute Gasteiger partial charge is 0.362 e. The van der Waals surface area contributed by atoms with Crippen molar-refractivity contribution >= 4 is 35.2 Å². The lowest BCUT2D eigenvalue weighted by Gasteiger charge is -2.08. The fourth-order valence-corrected chi connectivity index (χ4v) is 4.04. The van der Waals surface area contributed by atoms with Gasteiger partial charge in [0.05, 0.1) is 18.4 Å². The molecule has 5 rings (SSSR count). The van der Waals surface area contributed by atoms with Crippen LogP contribution in [0.4, 0.5) is 14.5 Å². The van der Waals surface area contributed by atoms with E-state index in [2.05, 4.69) is 20.6 Å². The standard InChI is InChI=1S/C28H21F2N5O3/c29-23-8-6-18(11-24(23)30)15-35-16-31-14-22(28(35)38)26(36)33-10-1-3-17-5-7-20-21(13-19-4-2-9-32-19)27(37)34-25(20)12-17/h1-9,11-14,16,32H,10,15H2,(H,33,36)(H,34,37). The summed E-state index contributed by atoms with van der Waals surface area (Å²) in [5.41, 5.74) is 3.26. The number of anilines is 1. The number of rotatable bonds is 7.